The summed E-state index contributed by atoms with van der Waals surface area (Å²) in [5.41, 5.74) is 16.8. The van der Waals surface area contributed by atoms with Gasteiger partial charge in [0.25, 0.3) is 0 Å². The van der Waals surface area contributed by atoms with E-state index in [1.165, 1.54) is 11.8 Å². The summed E-state index contributed by atoms with van der Waals surface area (Å²) in [5, 5.41) is 29.1. The van der Waals surface area contributed by atoms with E-state index in [4.69, 9.17) is 22.3 Å². The molecule has 0 aliphatic carbocycles. The van der Waals surface area contributed by atoms with Crippen molar-refractivity contribution in [2.24, 2.45) is 23.1 Å². The van der Waals surface area contributed by atoms with Crippen molar-refractivity contribution < 1.29 is 48.6 Å². The number of nitrogens with one attached hydrogen (secondary N) is 4. The van der Waals surface area contributed by atoms with Gasteiger partial charge in [-0.05, 0) is 57.9 Å². The molecule has 7 amide bonds. The first-order valence-corrected chi connectivity index (χ1v) is 16.9. The predicted molar refractivity (Wildman–Crippen MR) is 177 cm³/mol. The van der Waals surface area contributed by atoms with Crippen molar-refractivity contribution in [2.75, 3.05) is 26.2 Å². The second kappa shape index (κ2) is 19.7. The molecule has 0 bridgehead atoms. The molecule has 0 spiro atoms. The topological polar surface area (TPSA) is 310 Å². The van der Waals surface area contributed by atoms with E-state index in [1.807, 2.05) is 0 Å². The van der Waals surface area contributed by atoms with Crippen LogP contribution in [0.2, 0.25) is 0 Å². The van der Waals surface area contributed by atoms with Crippen LogP contribution < -0.4 is 38.5 Å². The highest BCUT2D eigenvalue weighted by atomic mass is 16.4. The second-order valence-corrected chi connectivity index (χ2v) is 13.1. The lowest BCUT2D eigenvalue weighted by atomic mass is 10.0. The predicted octanol–water partition coefficient (Wildman–Crippen LogP) is -4.01. The summed E-state index contributed by atoms with van der Waals surface area (Å²) in [6.07, 6.45) is 0.947. The Balaban J connectivity index is 2.17. The summed E-state index contributed by atoms with van der Waals surface area (Å²) in [6, 6.07) is -7.13. The summed E-state index contributed by atoms with van der Waals surface area (Å²) in [4.78, 5) is 105. The smallest absolute Gasteiger partial charge is 0.322 e. The van der Waals surface area contributed by atoms with Crippen molar-refractivity contribution in [1.82, 2.24) is 31.1 Å². The third-order valence-electron chi connectivity index (χ3n) is 8.71. The highest BCUT2D eigenvalue weighted by Gasteiger charge is 2.42. The molecular weight excluding hydrogens is 658 g/mol. The van der Waals surface area contributed by atoms with Gasteiger partial charge in [-0.25, -0.2) is 0 Å². The van der Waals surface area contributed by atoms with E-state index in [0.29, 0.717) is 38.6 Å². The average molecular weight is 712 g/mol. The van der Waals surface area contributed by atoms with Crippen molar-refractivity contribution in [2.45, 2.75) is 114 Å². The molecular formula is C31H53N9O10. The third kappa shape index (κ3) is 11.9. The zero-order valence-corrected chi connectivity index (χ0v) is 28.9. The van der Waals surface area contributed by atoms with E-state index in [2.05, 4.69) is 21.3 Å². The van der Waals surface area contributed by atoms with Gasteiger partial charge in [0.15, 0.2) is 0 Å². The number of aliphatic hydroxyl groups excluding tert-OH is 1. The minimum absolute atomic E-state index is 0.110. The molecule has 0 radical (unpaired) electrons. The number of carbonyl (C=O) groups is 8. The molecule has 2 saturated heterocycles. The van der Waals surface area contributed by atoms with Gasteiger partial charge in [-0.1, -0.05) is 20.3 Å². The number of aliphatic hydroxyl groups is 1. The van der Waals surface area contributed by atoms with Crippen LogP contribution >= 0.6 is 0 Å². The quantitative estimate of drug-likeness (QED) is 0.0579. The molecule has 0 aromatic carbocycles. The molecule has 2 heterocycles. The molecule has 2 fully saturated rings. The molecule has 2 aliphatic heterocycles. The van der Waals surface area contributed by atoms with Gasteiger partial charge in [0, 0.05) is 13.1 Å². The van der Waals surface area contributed by atoms with Gasteiger partial charge in [-0.3, -0.25) is 38.4 Å². The van der Waals surface area contributed by atoms with Crippen LogP contribution in [0.5, 0.6) is 0 Å². The van der Waals surface area contributed by atoms with Crippen LogP contribution in [-0.4, -0.2) is 136 Å². The Bertz CT molecular complexity index is 1260. The summed E-state index contributed by atoms with van der Waals surface area (Å²) in [5.74, 6) is -7.07. The van der Waals surface area contributed by atoms with Crippen LogP contribution in [0.25, 0.3) is 0 Å². The van der Waals surface area contributed by atoms with Crippen LogP contribution in [0.1, 0.15) is 72.1 Å². The number of aliphatic carboxylic acids is 1. The number of carboxylic acids is 1. The lowest BCUT2D eigenvalue weighted by Gasteiger charge is -2.32. The number of rotatable bonds is 19. The summed E-state index contributed by atoms with van der Waals surface area (Å²) < 4.78 is 0. The van der Waals surface area contributed by atoms with Crippen molar-refractivity contribution in [3.05, 3.63) is 0 Å². The maximum absolute atomic E-state index is 13.6. The Kier molecular flexibility index (Phi) is 16.5. The molecule has 282 valence electrons. The molecule has 2 rings (SSSR count). The monoisotopic (exact) mass is 711 g/mol. The van der Waals surface area contributed by atoms with Gasteiger partial charge >= 0.3 is 5.97 Å². The molecule has 19 heteroatoms. The normalized spacial score (nSPS) is 20.3. The molecule has 2 aliphatic rings. The molecule has 12 N–H and O–H groups in total. The molecule has 0 saturated carbocycles. The first kappa shape index (κ1) is 41.8. The Morgan fingerprint density at radius 2 is 1.38 bits per heavy atom. The van der Waals surface area contributed by atoms with E-state index < -0.39 is 109 Å². The number of hydrogen-bond donors (Lipinski definition) is 9. The Morgan fingerprint density at radius 1 is 0.800 bits per heavy atom. The lowest BCUT2D eigenvalue weighted by molar-refractivity contribution is -0.145. The van der Waals surface area contributed by atoms with Crippen LogP contribution in [0.4, 0.5) is 0 Å². The number of carboxylic acid groups (broad SMARTS) is 1. The van der Waals surface area contributed by atoms with Gasteiger partial charge in [0.05, 0.1) is 18.6 Å². The van der Waals surface area contributed by atoms with Crippen LogP contribution in [-0.2, 0) is 38.4 Å². The second-order valence-electron chi connectivity index (χ2n) is 13.1. The van der Waals surface area contributed by atoms with Crippen molar-refractivity contribution in [3.63, 3.8) is 0 Å². The fourth-order valence-corrected chi connectivity index (χ4v) is 6.00. The number of hydrogen-bond acceptors (Lipinski definition) is 11. The molecule has 0 aromatic heterocycles. The standard InChI is InChI=1S/C31H53N9O10/c1-16(2)24(29(48)36-19(14-22(34)42)30(49)39-12-6-9-20(39)27(46)35-15-23(43)44)37-28(47)21-10-7-13-40(21)31(50)25(17(3)41)38-26(45)18(33)8-4-5-11-32/h16-21,24-25,41H,4-15,32-33H2,1-3H3,(H2,34,42)(H,35,46)(H,36,48)(H,37,47)(H,38,45)(H,43,44)/t17-,18+,19+,20+,21+,24+,25+/m1/s1. The highest BCUT2D eigenvalue weighted by molar-refractivity contribution is 5.98. The summed E-state index contributed by atoms with van der Waals surface area (Å²) in [6.45, 7) is 4.62. The van der Waals surface area contributed by atoms with Crippen molar-refractivity contribution >= 4 is 47.3 Å². The number of nitrogens with two attached hydrogens (primary N) is 3. The highest BCUT2D eigenvalue weighted by Crippen LogP contribution is 2.22. The largest absolute Gasteiger partial charge is 0.480 e. The van der Waals surface area contributed by atoms with Gasteiger partial charge in [0.2, 0.25) is 41.4 Å². The number of amides is 7. The zero-order chi connectivity index (χ0) is 37.7. The van der Waals surface area contributed by atoms with Crippen LogP contribution in [0, 0.1) is 5.92 Å². The minimum Gasteiger partial charge on any atom is -0.480 e. The SMILES string of the molecule is CC(C)[C@H](NC(=O)[C@@H]1CCCN1C(=O)[C@@H](NC(=O)[C@@H](N)CCCCN)[C@@H](C)O)C(=O)N[C@@H](CC(N)=O)C(=O)N1CCC[C@H]1C(=O)NCC(=O)O. The van der Waals surface area contributed by atoms with Crippen molar-refractivity contribution in [3.8, 4) is 0 Å². The van der Waals surface area contributed by atoms with E-state index in [1.54, 1.807) is 13.8 Å². The number of nitrogens with zero attached hydrogens (tertiary/aromatic N) is 2. The maximum atomic E-state index is 13.6. The molecule has 19 nitrogen and oxygen atoms in total. The maximum Gasteiger partial charge on any atom is 0.322 e. The fourth-order valence-electron chi connectivity index (χ4n) is 6.00. The molecule has 0 unspecified atom stereocenters. The Labute approximate surface area is 290 Å². The molecule has 0 aromatic rings. The fraction of sp³-hybridized carbons (Fsp3) is 0.742. The third-order valence-corrected chi connectivity index (χ3v) is 8.71. The van der Waals surface area contributed by atoms with Crippen LogP contribution in [0.15, 0.2) is 0 Å². The average Bonchev–Trinajstić information content (AvgIpc) is 3.74. The van der Waals surface area contributed by atoms with E-state index >= 15 is 0 Å². The van der Waals surface area contributed by atoms with Crippen LogP contribution in [0.3, 0.4) is 0 Å². The van der Waals surface area contributed by atoms with Gasteiger partial charge in [-0.2, -0.15) is 0 Å². The van der Waals surface area contributed by atoms with Gasteiger partial charge in [-0.15, -0.1) is 0 Å². The number of unbranched alkanes of at least 4 members (excludes halogenated alkanes) is 1. The number of carbonyl (C=O) groups excluding carboxylic acids is 7. The van der Waals surface area contributed by atoms with Gasteiger partial charge in [0.1, 0.15) is 36.8 Å². The first-order chi connectivity index (χ1) is 23.5. The Hall–Kier alpha value is -4.36. The Morgan fingerprint density at radius 3 is 1.90 bits per heavy atom. The minimum atomic E-state index is -1.49. The lowest BCUT2D eigenvalue weighted by Crippen LogP contribution is -2.61. The molecule has 50 heavy (non-hydrogen) atoms. The number of primary amides is 1. The van der Waals surface area contributed by atoms with E-state index in [0.717, 1.165) is 4.90 Å². The summed E-state index contributed by atoms with van der Waals surface area (Å²) >= 11 is 0. The van der Waals surface area contributed by atoms with E-state index in [-0.39, 0.29) is 25.9 Å². The van der Waals surface area contributed by atoms with E-state index in [9.17, 15) is 43.5 Å². The van der Waals surface area contributed by atoms with Crippen molar-refractivity contribution in [1.29, 1.82) is 0 Å². The summed E-state index contributed by atoms with van der Waals surface area (Å²) in [7, 11) is 0. The molecule has 7 atom stereocenters. The number of likely N-dealkylation sites (tertiary alicyclic amines) is 2. The van der Waals surface area contributed by atoms with Gasteiger partial charge < -0.3 is 58.5 Å². The zero-order valence-electron chi connectivity index (χ0n) is 28.9. The first-order valence-electron chi connectivity index (χ1n) is 16.9.